The summed E-state index contributed by atoms with van der Waals surface area (Å²) >= 11 is 0. The summed E-state index contributed by atoms with van der Waals surface area (Å²) in [6, 6.07) is 0. The number of rotatable bonds is 2. The van der Waals surface area contributed by atoms with Crippen LogP contribution in [0, 0.1) is 11.8 Å². The first-order valence-corrected chi connectivity index (χ1v) is 7.21. The number of carbonyl (C=O) groups excluding carboxylic acids is 1. The minimum absolute atomic E-state index is 0.124. The number of guanidine groups is 1. The maximum atomic E-state index is 12.2. The van der Waals surface area contributed by atoms with Crippen molar-refractivity contribution in [1.29, 1.82) is 0 Å². The third-order valence-electron chi connectivity index (χ3n) is 4.40. The first kappa shape index (κ1) is 13.4. The molecule has 2 aliphatic rings. The Morgan fingerprint density at radius 1 is 1.39 bits per heavy atom. The van der Waals surface area contributed by atoms with E-state index in [1.807, 2.05) is 6.92 Å². The Balaban J connectivity index is 2.08. The van der Waals surface area contributed by atoms with Gasteiger partial charge in [0.2, 0.25) is 0 Å². The molecule has 0 aromatic rings. The fourth-order valence-electron chi connectivity index (χ4n) is 3.16. The second kappa shape index (κ2) is 5.29. The van der Waals surface area contributed by atoms with E-state index in [4.69, 9.17) is 0 Å². The molecule has 1 spiro atoms. The van der Waals surface area contributed by atoms with E-state index in [9.17, 15) is 4.79 Å². The number of carbonyl (C=O) groups is 1. The quantitative estimate of drug-likeness (QED) is 0.789. The van der Waals surface area contributed by atoms with Gasteiger partial charge in [-0.15, -0.1) is 0 Å². The summed E-state index contributed by atoms with van der Waals surface area (Å²) in [4.78, 5) is 16.5. The fourth-order valence-corrected chi connectivity index (χ4v) is 3.16. The maximum absolute atomic E-state index is 12.2. The molecule has 2 fully saturated rings. The van der Waals surface area contributed by atoms with E-state index in [1.165, 1.54) is 6.42 Å². The molecule has 4 heteroatoms. The Morgan fingerprint density at radius 2 is 2.17 bits per heavy atom. The summed E-state index contributed by atoms with van der Waals surface area (Å²) in [6.07, 6.45) is 5.38. The molecular formula is C14H25N3O. The summed E-state index contributed by atoms with van der Waals surface area (Å²) in [6.45, 7) is 7.25. The van der Waals surface area contributed by atoms with Gasteiger partial charge >= 0.3 is 0 Å². The molecule has 1 saturated carbocycles. The van der Waals surface area contributed by atoms with Crippen molar-refractivity contribution < 1.29 is 4.79 Å². The zero-order valence-corrected chi connectivity index (χ0v) is 11.8. The van der Waals surface area contributed by atoms with E-state index >= 15 is 0 Å². The minimum Gasteiger partial charge on any atom is -0.342 e. The Labute approximate surface area is 110 Å². The normalized spacial score (nSPS) is 34.8. The Kier molecular flexibility index (Phi) is 3.93. The van der Waals surface area contributed by atoms with Gasteiger partial charge in [0, 0.05) is 6.54 Å². The van der Waals surface area contributed by atoms with Crippen LogP contribution in [0.3, 0.4) is 0 Å². The maximum Gasteiger partial charge on any atom is 0.252 e. The topological polar surface area (TPSA) is 53.5 Å². The van der Waals surface area contributed by atoms with Gasteiger partial charge in [0.25, 0.3) is 5.91 Å². The molecule has 4 nitrogen and oxygen atoms in total. The van der Waals surface area contributed by atoms with Crippen LogP contribution in [0.4, 0.5) is 0 Å². The van der Waals surface area contributed by atoms with Crippen molar-refractivity contribution in [3.05, 3.63) is 0 Å². The standard InChI is InChI=1S/C14H25N3O/c1-4-15-13-16-12(18)14(17-13)8-5-6-11(7-9-14)10(2)3/h10-11H,4-9H2,1-3H3,(H2,15,16,17,18). The number of nitrogens with one attached hydrogen (secondary N) is 2. The predicted molar refractivity (Wildman–Crippen MR) is 73.4 cm³/mol. The van der Waals surface area contributed by atoms with Crippen molar-refractivity contribution in [3.8, 4) is 0 Å². The van der Waals surface area contributed by atoms with E-state index in [-0.39, 0.29) is 11.4 Å². The second-order valence-corrected chi connectivity index (χ2v) is 5.92. The molecule has 18 heavy (non-hydrogen) atoms. The molecule has 1 heterocycles. The Hall–Kier alpha value is -1.06. The molecule has 0 bridgehead atoms. The molecule has 2 N–H and O–H groups in total. The number of nitrogens with zero attached hydrogens (tertiary/aromatic N) is 1. The predicted octanol–water partition coefficient (Wildman–Crippen LogP) is 2.06. The zero-order chi connectivity index (χ0) is 13.2. The van der Waals surface area contributed by atoms with Crippen LogP contribution in [0.25, 0.3) is 0 Å². The summed E-state index contributed by atoms with van der Waals surface area (Å²) < 4.78 is 0. The van der Waals surface area contributed by atoms with E-state index in [1.54, 1.807) is 0 Å². The second-order valence-electron chi connectivity index (χ2n) is 5.92. The molecular weight excluding hydrogens is 226 g/mol. The fraction of sp³-hybridized carbons (Fsp3) is 0.857. The highest BCUT2D eigenvalue weighted by atomic mass is 16.2. The molecule has 2 atom stereocenters. The molecule has 102 valence electrons. The average Bonchev–Trinajstić information content (AvgIpc) is 2.50. The third kappa shape index (κ3) is 2.52. The van der Waals surface area contributed by atoms with Gasteiger partial charge in [-0.25, -0.2) is 0 Å². The SMILES string of the molecule is CCN=C1NC(=O)C2(CCCC(C(C)C)CC2)N1. The van der Waals surface area contributed by atoms with Crippen LogP contribution in [-0.2, 0) is 4.79 Å². The van der Waals surface area contributed by atoms with Gasteiger partial charge in [-0.05, 0) is 38.0 Å². The molecule has 1 saturated heterocycles. The molecule has 2 unspecified atom stereocenters. The number of hydrogen-bond acceptors (Lipinski definition) is 2. The molecule has 0 aromatic heterocycles. The first-order valence-electron chi connectivity index (χ1n) is 7.21. The van der Waals surface area contributed by atoms with Gasteiger partial charge in [0.15, 0.2) is 5.96 Å². The molecule has 1 amide bonds. The van der Waals surface area contributed by atoms with Crippen LogP contribution >= 0.6 is 0 Å². The highest BCUT2D eigenvalue weighted by Crippen LogP contribution is 2.35. The smallest absolute Gasteiger partial charge is 0.252 e. The van der Waals surface area contributed by atoms with Crippen molar-refractivity contribution in [2.24, 2.45) is 16.8 Å². The molecule has 1 aliphatic carbocycles. The highest BCUT2D eigenvalue weighted by molar-refractivity contribution is 6.09. The minimum atomic E-state index is -0.377. The molecule has 0 aromatic carbocycles. The van der Waals surface area contributed by atoms with Crippen LogP contribution in [0.1, 0.15) is 52.9 Å². The lowest BCUT2D eigenvalue weighted by Crippen LogP contribution is -2.46. The Morgan fingerprint density at radius 3 is 2.83 bits per heavy atom. The van der Waals surface area contributed by atoms with Gasteiger partial charge in [-0.2, -0.15) is 0 Å². The largest absolute Gasteiger partial charge is 0.342 e. The van der Waals surface area contributed by atoms with Crippen molar-refractivity contribution in [2.45, 2.75) is 58.4 Å². The lowest BCUT2D eigenvalue weighted by molar-refractivity contribution is -0.124. The van der Waals surface area contributed by atoms with Crippen LogP contribution in [0.15, 0.2) is 4.99 Å². The van der Waals surface area contributed by atoms with Crippen LogP contribution in [0.2, 0.25) is 0 Å². The van der Waals surface area contributed by atoms with Crippen molar-refractivity contribution in [1.82, 2.24) is 10.6 Å². The number of amides is 1. The lowest BCUT2D eigenvalue weighted by Gasteiger charge is -2.25. The monoisotopic (exact) mass is 251 g/mol. The van der Waals surface area contributed by atoms with E-state index in [0.717, 1.165) is 31.6 Å². The van der Waals surface area contributed by atoms with Gasteiger partial charge in [0.1, 0.15) is 5.54 Å². The van der Waals surface area contributed by atoms with Gasteiger partial charge in [-0.1, -0.05) is 26.7 Å². The lowest BCUT2D eigenvalue weighted by atomic mass is 9.86. The van der Waals surface area contributed by atoms with Crippen LogP contribution < -0.4 is 10.6 Å². The molecule has 0 radical (unpaired) electrons. The molecule has 2 rings (SSSR count). The summed E-state index contributed by atoms with van der Waals surface area (Å²) in [5.74, 6) is 2.27. The number of aliphatic imine (C=N–C) groups is 1. The van der Waals surface area contributed by atoms with Gasteiger partial charge in [-0.3, -0.25) is 15.1 Å². The van der Waals surface area contributed by atoms with Crippen molar-refractivity contribution in [2.75, 3.05) is 6.54 Å². The number of hydrogen-bond donors (Lipinski definition) is 2. The van der Waals surface area contributed by atoms with Gasteiger partial charge in [0.05, 0.1) is 0 Å². The average molecular weight is 251 g/mol. The van der Waals surface area contributed by atoms with E-state index in [0.29, 0.717) is 18.4 Å². The summed E-state index contributed by atoms with van der Waals surface area (Å²) in [7, 11) is 0. The first-order chi connectivity index (χ1) is 8.57. The van der Waals surface area contributed by atoms with Gasteiger partial charge < -0.3 is 5.32 Å². The Bertz CT molecular complexity index is 351. The van der Waals surface area contributed by atoms with Crippen molar-refractivity contribution in [3.63, 3.8) is 0 Å². The highest BCUT2D eigenvalue weighted by Gasteiger charge is 2.45. The van der Waals surface area contributed by atoms with E-state index < -0.39 is 0 Å². The third-order valence-corrected chi connectivity index (χ3v) is 4.40. The van der Waals surface area contributed by atoms with Crippen LogP contribution in [-0.4, -0.2) is 24.0 Å². The summed E-state index contributed by atoms with van der Waals surface area (Å²) in [5.41, 5.74) is -0.377. The summed E-state index contributed by atoms with van der Waals surface area (Å²) in [5, 5.41) is 6.23. The zero-order valence-electron chi connectivity index (χ0n) is 11.8. The molecule has 1 aliphatic heterocycles. The van der Waals surface area contributed by atoms with E-state index in [2.05, 4.69) is 29.5 Å². The van der Waals surface area contributed by atoms with Crippen LogP contribution in [0.5, 0.6) is 0 Å². The van der Waals surface area contributed by atoms with Crippen molar-refractivity contribution >= 4 is 11.9 Å².